The van der Waals surface area contributed by atoms with Gasteiger partial charge < -0.3 is 14.2 Å². The first-order valence-electron chi connectivity index (χ1n) is 7.33. The predicted octanol–water partition coefficient (Wildman–Crippen LogP) is 3.67. The zero-order valence-corrected chi connectivity index (χ0v) is 13.4. The standard InChI is InChI=1S/C19H18O4/c1-12-4-6-17(22-3)13(8-12)9-14-11-23-18-7-5-15(21-2)10-16(18)19(14)20/h4-10H,11H2,1-3H3/b14-9+. The molecule has 0 saturated carbocycles. The number of carbonyl (C=O) groups excluding carboxylic acids is 1. The Labute approximate surface area is 135 Å². The summed E-state index contributed by atoms with van der Waals surface area (Å²) in [7, 11) is 3.19. The summed E-state index contributed by atoms with van der Waals surface area (Å²) >= 11 is 0. The van der Waals surface area contributed by atoms with Crippen LogP contribution in [-0.2, 0) is 0 Å². The van der Waals surface area contributed by atoms with Crippen molar-refractivity contribution in [2.45, 2.75) is 6.92 Å². The fourth-order valence-electron chi connectivity index (χ4n) is 2.59. The third-order valence-corrected chi connectivity index (χ3v) is 3.82. The Balaban J connectivity index is 2.02. The van der Waals surface area contributed by atoms with Crippen LogP contribution in [0.2, 0.25) is 0 Å². The molecule has 0 spiro atoms. The molecule has 2 aromatic rings. The second kappa shape index (κ2) is 6.16. The highest BCUT2D eigenvalue weighted by Crippen LogP contribution is 2.32. The van der Waals surface area contributed by atoms with E-state index < -0.39 is 0 Å². The number of methoxy groups -OCH3 is 2. The summed E-state index contributed by atoms with van der Waals surface area (Å²) in [6.07, 6.45) is 1.83. The lowest BCUT2D eigenvalue weighted by atomic mass is 9.97. The Kier molecular flexibility index (Phi) is 4.06. The molecule has 23 heavy (non-hydrogen) atoms. The first-order valence-corrected chi connectivity index (χ1v) is 7.33. The van der Waals surface area contributed by atoms with Gasteiger partial charge in [0, 0.05) is 11.1 Å². The molecule has 4 heteroatoms. The molecule has 0 unspecified atom stereocenters. The molecular weight excluding hydrogens is 292 g/mol. The van der Waals surface area contributed by atoms with E-state index in [-0.39, 0.29) is 12.4 Å². The van der Waals surface area contributed by atoms with E-state index in [1.807, 2.05) is 31.2 Å². The van der Waals surface area contributed by atoms with Gasteiger partial charge in [-0.25, -0.2) is 0 Å². The van der Waals surface area contributed by atoms with Crippen LogP contribution < -0.4 is 14.2 Å². The lowest BCUT2D eigenvalue weighted by Gasteiger charge is -2.19. The number of ketones is 1. The number of hydrogen-bond acceptors (Lipinski definition) is 4. The summed E-state index contributed by atoms with van der Waals surface area (Å²) in [5.41, 5.74) is 3.08. The predicted molar refractivity (Wildman–Crippen MR) is 88.5 cm³/mol. The van der Waals surface area contributed by atoms with Crippen LogP contribution in [0.25, 0.3) is 6.08 Å². The zero-order valence-electron chi connectivity index (χ0n) is 13.4. The second-order valence-corrected chi connectivity index (χ2v) is 5.39. The molecule has 0 bridgehead atoms. The summed E-state index contributed by atoms with van der Waals surface area (Å²) < 4.78 is 16.2. The van der Waals surface area contributed by atoms with Gasteiger partial charge in [-0.1, -0.05) is 11.6 Å². The summed E-state index contributed by atoms with van der Waals surface area (Å²) in [6, 6.07) is 11.1. The van der Waals surface area contributed by atoms with Crippen LogP contribution in [0.1, 0.15) is 21.5 Å². The number of rotatable bonds is 3. The fraction of sp³-hybridized carbons (Fsp3) is 0.211. The van der Waals surface area contributed by atoms with Gasteiger partial charge >= 0.3 is 0 Å². The van der Waals surface area contributed by atoms with Crippen molar-refractivity contribution in [1.82, 2.24) is 0 Å². The van der Waals surface area contributed by atoms with Crippen LogP contribution >= 0.6 is 0 Å². The lowest BCUT2D eigenvalue weighted by molar-refractivity contribution is 0.100. The maximum absolute atomic E-state index is 12.7. The number of carbonyl (C=O) groups is 1. The molecule has 0 saturated heterocycles. The van der Waals surface area contributed by atoms with Crippen LogP contribution in [0, 0.1) is 6.92 Å². The quantitative estimate of drug-likeness (QED) is 0.811. The number of fused-ring (bicyclic) bond motifs is 1. The Morgan fingerprint density at radius 3 is 2.65 bits per heavy atom. The molecule has 0 amide bonds. The third kappa shape index (κ3) is 2.93. The van der Waals surface area contributed by atoms with Crippen molar-refractivity contribution in [3.63, 3.8) is 0 Å². The van der Waals surface area contributed by atoms with E-state index in [1.54, 1.807) is 32.4 Å². The van der Waals surface area contributed by atoms with Crippen LogP contribution in [0.15, 0.2) is 42.0 Å². The normalized spacial score (nSPS) is 15.1. The fourth-order valence-corrected chi connectivity index (χ4v) is 2.59. The van der Waals surface area contributed by atoms with Gasteiger partial charge in [-0.05, 0) is 43.3 Å². The van der Waals surface area contributed by atoms with Gasteiger partial charge in [-0.15, -0.1) is 0 Å². The minimum absolute atomic E-state index is 0.0475. The van der Waals surface area contributed by atoms with Gasteiger partial charge in [0.15, 0.2) is 5.78 Å². The molecule has 1 heterocycles. The molecule has 0 radical (unpaired) electrons. The molecule has 0 atom stereocenters. The first kappa shape index (κ1) is 15.2. The van der Waals surface area contributed by atoms with Crippen LogP contribution in [0.5, 0.6) is 17.2 Å². The number of ether oxygens (including phenoxy) is 3. The number of aryl methyl sites for hydroxylation is 1. The van der Waals surface area contributed by atoms with Gasteiger partial charge in [0.2, 0.25) is 0 Å². The van der Waals surface area contributed by atoms with Crippen LogP contribution in [0.4, 0.5) is 0 Å². The van der Waals surface area contributed by atoms with E-state index in [4.69, 9.17) is 14.2 Å². The topological polar surface area (TPSA) is 44.8 Å². The third-order valence-electron chi connectivity index (χ3n) is 3.82. The molecule has 0 aliphatic carbocycles. The molecule has 3 rings (SSSR count). The molecular formula is C19H18O4. The van der Waals surface area contributed by atoms with Crippen LogP contribution in [0.3, 0.4) is 0 Å². The van der Waals surface area contributed by atoms with E-state index in [2.05, 4.69) is 0 Å². The summed E-state index contributed by atoms with van der Waals surface area (Å²) in [4.78, 5) is 12.7. The van der Waals surface area contributed by atoms with Crippen LogP contribution in [-0.4, -0.2) is 26.6 Å². The number of Topliss-reactive ketones (excluding diaryl/α,β-unsaturated/α-hetero) is 1. The average molecular weight is 310 g/mol. The molecule has 0 fully saturated rings. The van der Waals surface area contributed by atoms with E-state index in [9.17, 15) is 4.79 Å². The number of hydrogen-bond donors (Lipinski definition) is 0. The van der Waals surface area contributed by atoms with Crippen molar-refractivity contribution in [2.24, 2.45) is 0 Å². The van der Waals surface area contributed by atoms with E-state index in [0.29, 0.717) is 22.6 Å². The minimum Gasteiger partial charge on any atom is -0.497 e. The first-order chi connectivity index (χ1) is 11.1. The van der Waals surface area contributed by atoms with Crippen molar-refractivity contribution < 1.29 is 19.0 Å². The Morgan fingerprint density at radius 1 is 1.09 bits per heavy atom. The highest BCUT2D eigenvalue weighted by atomic mass is 16.5. The van der Waals surface area contributed by atoms with E-state index in [1.165, 1.54) is 0 Å². The molecule has 118 valence electrons. The molecule has 0 N–H and O–H groups in total. The smallest absolute Gasteiger partial charge is 0.196 e. The zero-order chi connectivity index (χ0) is 16.4. The Hall–Kier alpha value is -2.75. The SMILES string of the molecule is COc1ccc2c(c1)C(=O)/C(=C/c1cc(C)ccc1OC)CO2. The van der Waals surface area contributed by atoms with Crippen molar-refractivity contribution in [3.8, 4) is 17.2 Å². The summed E-state index contributed by atoms with van der Waals surface area (Å²) in [5.74, 6) is 1.90. The highest BCUT2D eigenvalue weighted by Gasteiger charge is 2.24. The lowest BCUT2D eigenvalue weighted by Crippen LogP contribution is -2.19. The summed E-state index contributed by atoms with van der Waals surface area (Å²) in [6.45, 7) is 2.25. The number of benzene rings is 2. The molecule has 4 nitrogen and oxygen atoms in total. The van der Waals surface area contributed by atoms with E-state index >= 15 is 0 Å². The summed E-state index contributed by atoms with van der Waals surface area (Å²) in [5, 5.41) is 0. The molecule has 0 aromatic heterocycles. The Morgan fingerprint density at radius 2 is 1.91 bits per heavy atom. The molecule has 1 aliphatic rings. The largest absolute Gasteiger partial charge is 0.497 e. The van der Waals surface area contributed by atoms with Gasteiger partial charge in [0.1, 0.15) is 23.9 Å². The van der Waals surface area contributed by atoms with Gasteiger partial charge in [0.25, 0.3) is 0 Å². The van der Waals surface area contributed by atoms with Gasteiger partial charge in [-0.2, -0.15) is 0 Å². The van der Waals surface area contributed by atoms with Crippen molar-refractivity contribution in [3.05, 3.63) is 58.7 Å². The van der Waals surface area contributed by atoms with Crippen molar-refractivity contribution in [2.75, 3.05) is 20.8 Å². The van der Waals surface area contributed by atoms with Crippen molar-refractivity contribution >= 4 is 11.9 Å². The average Bonchev–Trinajstić information content (AvgIpc) is 2.57. The van der Waals surface area contributed by atoms with E-state index in [0.717, 1.165) is 16.9 Å². The monoisotopic (exact) mass is 310 g/mol. The minimum atomic E-state index is -0.0475. The Bertz CT molecular complexity index is 790. The van der Waals surface area contributed by atoms with Gasteiger partial charge in [0.05, 0.1) is 19.8 Å². The molecule has 1 aliphatic heterocycles. The maximum Gasteiger partial charge on any atom is 0.196 e. The van der Waals surface area contributed by atoms with Crippen molar-refractivity contribution in [1.29, 1.82) is 0 Å². The maximum atomic E-state index is 12.7. The van der Waals surface area contributed by atoms with Gasteiger partial charge in [-0.3, -0.25) is 4.79 Å². The highest BCUT2D eigenvalue weighted by molar-refractivity contribution is 6.14. The second-order valence-electron chi connectivity index (χ2n) is 5.39. The molecule has 2 aromatic carbocycles.